The summed E-state index contributed by atoms with van der Waals surface area (Å²) in [7, 11) is 0. The number of hydrogen-bond donors (Lipinski definition) is 1. The summed E-state index contributed by atoms with van der Waals surface area (Å²) in [6.07, 6.45) is 3.30. The maximum absolute atomic E-state index is 14.0. The molecular weight excluding hydrogens is 380 g/mol. The van der Waals surface area contributed by atoms with E-state index in [1.807, 2.05) is 0 Å². The van der Waals surface area contributed by atoms with Gasteiger partial charge in [0, 0.05) is 44.0 Å². The number of piperidine rings is 1. The monoisotopic (exact) mass is 401 g/mol. The number of H-pyrrole nitrogens is 1. The fraction of sp³-hybridized carbons (Fsp3) is 0.381. The van der Waals surface area contributed by atoms with E-state index in [1.165, 1.54) is 30.5 Å². The Morgan fingerprint density at radius 1 is 1.10 bits per heavy atom. The number of aromatic nitrogens is 1. The van der Waals surface area contributed by atoms with Gasteiger partial charge in [-0.05, 0) is 31.4 Å². The minimum absolute atomic E-state index is 0.0119. The van der Waals surface area contributed by atoms with E-state index in [0.717, 1.165) is 12.5 Å². The summed E-state index contributed by atoms with van der Waals surface area (Å²) in [5.41, 5.74) is -0.472. The molecule has 2 aromatic rings. The maximum atomic E-state index is 14.0. The van der Waals surface area contributed by atoms with Gasteiger partial charge in [-0.25, -0.2) is 8.78 Å². The Morgan fingerprint density at radius 3 is 2.69 bits per heavy atom. The lowest BCUT2D eigenvalue weighted by Gasteiger charge is -2.39. The molecule has 0 saturated carbocycles. The third-order valence-corrected chi connectivity index (χ3v) is 5.89. The van der Waals surface area contributed by atoms with E-state index in [0.29, 0.717) is 31.5 Å². The molecule has 1 spiro atoms. The molecule has 6 nitrogen and oxygen atoms in total. The van der Waals surface area contributed by atoms with Crippen LogP contribution in [0.15, 0.2) is 41.3 Å². The third kappa shape index (κ3) is 3.54. The molecule has 1 N–H and O–H groups in total. The molecule has 8 heteroatoms. The van der Waals surface area contributed by atoms with E-state index in [9.17, 15) is 23.2 Å². The predicted octanol–water partition coefficient (Wildman–Crippen LogP) is 2.31. The average Bonchev–Trinajstić information content (AvgIpc) is 3.14. The van der Waals surface area contributed by atoms with Crippen LogP contribution in [0.4, 0.5) is 8.78 Å². The fourth-order valence-corrected chi connectivity index (χ4v) is 4.33. The molecule has 1 aromatic heterocycles. The van der Waals surface area contributed by atoms with Crippen LogP contribution in [0.25, 0.3) is 0 Å². The Bertz CT molecular complexity index is 1000. The molecule has 152 valence electrons. The summed E-state index contributed by atoms with van der Waals surface area (Å²) in [5.74, 6) is -2.22. The molecule has 2 aliphatic heterocycles. The van der Waals surface area contributed by atoms with Gasteiger partial charge in [-0.2, -0.15) is 0 Å². The minimum atomic E-state index is -0.930. The number of carbonyl (C=O) groups is 2. The van der Waals surface area contributed by atoms with E-state index in [1.54, 1.807) is 9.80 Å². The number of aromatic amines is 1. The van der Waals surface area contributed by atoms with Crippen molar-refractivity contribution in [3.63, 3.8) is 0 Å². The molecule has 1 atom stereocenters. The van der Waals surface area contributed by atoms with Gasteiger partial charge in [-0.1, -0.05) is 12.1 Å². The van der Waals surface area contributed by atoms with Crippen molar-refractivity contribution in [3.8, 4) is 0 Å². The molecular formula is C21H21F2N3O3. The van der Waals surface area contributed by atoms with Gasteiger partial charge in [-0.15, -0.1) is 0 Å². The number of rotatable bonds is 3. The van der Waals surface area contributed by atoms with Gasteiger partial charge < -0.3 is 14.8 Å². The number of pyridine rings is 1. The van der Waals surface area contributed by atoms with Crippen LogP contribution in [0.3, 0.4) is 0 Å². The van der Waals surface area contributed by atoms with E-state index in [4.69, 9.17) is 0 Å². The third-order valence-electron chi connectivity index (χ3n) is 5.89. The molecule has 3 heterocycles. The zero-order valence-corrected chi connectivity index (χ0v) is 15.8. The van der Waals surface area contributed by atoms with Crippen molar-refractivity contribution in [2.75, 3.05) is 19.6 Å². The number of likely N-dealkylation sites (tertiary alicyclic amines) is 2. The number of amides is 2. The predicted molar refractivity (Wildman–Crippen MR) is 101 cm³/mol. The molecule has 0 aliphatic carbocycles. The number of nitrogens with one attached hydrogen (secondary N) is 1. The second-order valence-electron chi connectivity index (χ2n) is 7.74. The number of carbonyl (C=O) groups excluding carboxylic acids is 2. The van der Waals surface area contributed by atoms with Crippen molar-refractivity contribution >= 4 is 11.8 Å². The number of benzene rings is 1. The molecule has 2 fully saturated rings. The first-order valence-corrected chi connectivity index (χ1v) is 9.60. The molecule has 4 rings (SSSR count). The van der Waals surface area contributed by atoms with Gasteiger partial charge in [0.05, 0.1) is 11.0 Å². The zero-order valence-electron chi connectivity index (χ0n) is 15.8. The lowest BCUT2D eigenvalue weighted by molar-refractivity contribution is -0.146. The molecule has 2 aliphatic rings. The first-order chi connectivity index (χ1) is 13.9. The van der Waals surface area contributed by atoms with Gasteiger partial charge in [-0.3, -0.25) is 14.4 Å². The largest absolute Gasteiger partial charge is 0.338 e. The van der Waals surface area contributed by atoms with Gasteiger partial charge >= 0.3 is 0 Å². The van der Waals surface area contributed by atoms with Crippen molar-refractivity contribution in [3.05, 3.63) is 69.6 Å². The van der Waals surface area contributed by atoms with Gasteiger partial charge in [0.15, 0.2) is 11.6 Å². The highest BCUT2D eigenvalue weighted by Crippen LogP contribution is 2.41. The van der Waals surface area contributed by atoms with Crippen molar-refractivity contribution in [2.45, 2.75) is 25.8 Å². The van der Waals surface area contributed by atoms with Crippen LogP contribution in [-0.2, 0) is 11.3 Å². The molecule has 0 unspecified atom stereocenters. The number of halogens is 2. The van der Waals surface area contributed by atoms with Crippen LogP contribution in [0.2, 0.25) is 0 Å². The van der Waals surface area contributed by atoms with E-state index in [-0.39, 0.29) is 36.0 Å². The van der Waals surface area contributed by atoms with Gasteiger partial charge in [0.2, 0.25) is 11.5 Å². The summed E-state index contributed by atoms with van der Waals surface area (Å²) >= 11 is 0. The summed E-state index contributed by atoms with van der Waals surface area (Å²) in [4.78, 5) is 42.8. The summed E-state index contributed by atoms with van der Waals surface area (Å²) in [5, 5.41) is 0. The highest BCUT2D eigenvalue weighted by molar-refractivity contribution is 5.95. The van der Waals surface area contributed by atoms with Crippen LogP contribution in [0.1, 0.15) is 35.2 Å². The molecule has 2 amide bonds. The molecule has 1 aromatic carbocycles. The van der Waals surface area contributed by atoms with Crippen molar-refractivity contribution < 1.29 is 18.4 Å². The van der Waals surface area contributed by atoms with Crippen LogP contribution in [-0.4, -0.2) is 46.2 Å². The average molecular weight is 401 g/mol. The topological polar surface area (TPSA) is 73.5 Å². The Labute approximate surface area is 166 Å². The highest BCUT2D eigenvalue weighted by Gasteiger charge is 2.49. The Kier molecular flexibility index (Phi) is 4.94. The number of nitrogens with zero attached hydrogens (tertiary/aromatic N) is 2. The van der Waals surface area contributed by atoms with Crippen LogP contribution >= 0.6 is 0 Å². The van der Waals surface area contributed by atoms with Crippen molar-refractivity contribution in [1.82, 2.24) is 14.8 Å². The van der Waals surface area contributed by atoms with Crippen LogP contribution in [0.5, 0.6) is 0 Å². The maximum Gasteiger partial charge on any atom is 0.255 e. The zero-order chi connectivity index (χ0) is 20.6. The smallest absolute Gasteiger partial charge is 0.255 e. The fourth-order valence-electron chi connectivity index (χ4n) is 4.33. The van der Waals surface area contributed by atoms with Crippen molar-refractivity contribution in [2.24, 2.45) is 5.41 Å². The molecule has 29 heavy (non-hydrogen) atoms. The standard InChI is InChI=1S/C21H21F2N3O3/c22-16-4-1-3-15(18(16)23)12-25-9-2-7-21(20(25)29)8-10-26(13-21)19(28)14-5-6-17(27)24-11-14/h1,3-6,11H,2,7-10,12-13H2,(H,24,27)/t21-/m0/s1. The van der Waals surface area contributed by atoms with Crippen LogP contribution in [0, 0.1) is 17.0 Å². The molecule has 0 radical (unpaired) electrons. The lowest BCUT2D eigenvalue weighted by atomic mass is 9.78. The first-order valence-electron chi connectivity index (χ1n) is 9.60. The molecule has 0 bridgehead atoms. The normalized spacial score (nSPS) is 21.8. The summed E-state index contributed by atoms with van der Waals surface area (Å²) in [6, 6.07) is 6.72. The SMILES string of the molecule is O=C(c1ccc(=O)[nH]c1)N1CC[C@@]2(CCCN(Cc3cccc(F)c3F)C2=O)C1. The summed E-state index contributed by atoms with van der Waals surface area (Å²) in [6.45, 7) is 1.21. The van der Waals surface area contributed by atoms with E-state index < -0.39 is 17.0 Å². The minimum Gasteiger partial charge on any atom is -0.338 e. The second-order valence-corrected chi connectivity index (χ2v) is 7.74. The van der Waals surface area contributed by atoms with Crippen LogP contribution < -0.4 is 5.56 Å². The van der Waals surface area contributed by atoms with Gasteiger partial charge in [0.25, 0.3) is 5.91 Å². The van der Waals surface area contributed by atoms with Crippen molar-refractivity contribution in [1.29, 1.82) is 0 Å². The number of hydrogen-bond acceptors (Lipinski definition) is 3. The highest BCUT2D eigenvalue weighted by atomic mass is 19.2. The van der Waals surface area contributed by atoms with Gasteiger partial charge in [0.1, 0.15) is 0 Å². The second kappa shape index (κ2) is 7.42. The quantitative estimate of drug-likeness (QED) is 0.858. The van der Waals surface area contributed by atoms with E-state index in [2.05, 4.69) is 4.98 Å². The molecule has 2 saturated heterocycles. The Hall–Kier alpha value is -3.03. The Balaban J connectivity index is 1.50. The Morgan fingerprint density at radius 2 is 1.93 bits per heavy atom. The summed E-state index contributed by atoms with van der Waals surface area (Å²) < 4.78 is 27.6. The first kappa shape index (κ1) is 19.3. The lowest BCUT2D eigenvalue weighted by Crippen LogP contribution is -2.50. The van der Waals surface area contributed by atoms with E-state index >= 15 is 0 Å².